The molecule has 0 bridgehead atoms. The molecule has 1 aromatic carbocycles. The molecule has 2 aromatic rings. The van der Waals surface area contributed by atoms with E-state index in [0.29, 0.717) is 30.8 Å². The molecule has 1 aromatic heterocycles. The SMILES string of the molecule is Cc1c(C(=O)N2CCC[C@H]2C(=O)O)nnn1-c1ccc(F)c(Cl)c1. The lowest BCUT2D eigenvalue weighted by atomic mass is 10.2. The summed E-state index contributed by atoms with van der Waals surface area (Å²) in [4.78, 5) is 25.1. The minimum absolute atomic E-state index is 0.0687. The van der Waals surface area contributed by atoms with Gasteiger partial charge in [-0.2, -0.15) is 0 Å². The first-order chi connectivity index (χ1) is 11.4. The molecule has 24 heavy (non-hydrogen) atoms. The molecular weight excluding hydrogens is 339 g/mol. The molecule has 1 aliphatic heterocycles. The number of carbonyl (C=O) groups excluding carboxylic acids is 1. The summed E-state index contributed by atoms with van der Waals surface area (Å²) in [5.74, 6) is -2.07. The van der Waals surface area contributed by atoms with Gasteiger partial charge in [-0.1, -0.05) is 16.8 Å². The van der Waals surface area contributed by atoms with Crippen molar-refractivity contribution in [3.05, 3.63) is 40.4 Å². The van der Waals surface area contributed by atoms with Gasteiger partial charge in [0.25, 0.3) is 5.91 Å². The van der Waals surface area contributed by atoms with Crippen LogP contribution in [0, 0.1) is 12.7 Å². The van der Waals surface area contributed by atoms with Crippen molar-refractivity contribution in [1.29, 1.82) is 0 Å². The smallest absolute Gasteiger partial charge is 0.326 e. The van der Waals surface area contributed by atoms with Gasteiger partial charge in [-0.15, -0.1) is 5.10 Å². The molecule has 1 atom stereocenters. The van der Waals surface area contributed by atoms with Gasteiger partial charge in [0.15, 0.2) is 5.69 Å². The Bertz CT molecular complexity index is 823. The summed E-state index contributed by atoms with van der Waals surface area (Å²) in [7, 11) is 0. The normalized spacial score (nSPS) is 17.3. The fourth-order valence-corrected chi connectivity index (χ4v) is 2.97. The third-order valence-corrected chi connectivity index (χ3v) is 4.33. The van der Waals surface area contributed by atoms with Crippen molar-refractivity contribution in [3.8, 4) is 5.69 Å². The number of nitrogens with zero attached hydrogens (tertiary/aromatic N) is 4. The van der Waals surface area contributed by atoms with Crippen LogP contribution < -0.4 is 0 Å². The fraction of sp³-hybridized carbons (Fsp3) is 0.333. The molecule has 0 radical (unpaired) electrons. The summed E-state index contributed by atoms with van der Waals surface area (Å²) >= 11 is 5.77. The van der Waals surface area contributed by atoms with E-state index >= 15 is 0 Å². The highest BCUT2D eigenvalue weighted by Gasteiger charge is 2.36. The van der Waals surface area contributed by atoms with Gasteiger partial charge in [0.1, 0.15) is 11.9 Å². The molecule has 0 spiro atoms. The van der Waals surface area contributed by atoms with E-state index in [1.807, 2.05) is 0 Å². The quantitative estimate of drug-likeness (QED) is 0.913. The first-order valence-corrected chi connectivity index (χ1v) is 7.69. The van der Waals surface area contributed by atoms with Crippen molar-refractivity contribution in [3.63, 3.8) is 0 Å². The van der Waals surface area contributed by atoms with Gasteiger partial charge in [-0.05, 0) is 38.0 Å². The Hall–Kier alpha value is -2.48. The molecule has 126 valence electrons. The van der Waals surface area contributed by atoms with Gasteiger partial charge in [0.05, 0.1) is 16.4 Å². The second kappa shape index (κ2) is 6.20. The fourth-order valence-electron chi connectivity index (χ4n) is 2.79. The Morgan fingerprint density at radius 1 is 1.42 bits per heavy atom. The topological polar surface area (TPSA) is 88.3 Å². The van der Waals surface area contributed by atoms with E-state index in [1.165, 1.54) is 27.8 Å². The predicted molar refractivity (Wildman–Crippen MR) is 82.8 cm³/mol. The summed E-state index contributed by atoms with van der Waals surface area (Å²) in [5, 5.41) is 16.9. The van der Waals surface area contributed by atoms with E-state index in [2.05, 4.69) is 10.3 Å². The lowest BCUT2D eigenvalue weighted by molar-refractivity contribution is -0.141. The number of rotatable bonds is 3. The van der Waals surface area contributed by atoms with Crippen LogP contribution in [0.3, 0.4) is 0 Å². The van der Waals surface area contributed by atoms with Gasteiger partial charge in [-0.3, -0.25) is 4.79 Å². The van der Waals surface area contributed by atoms with Gasteiger partial charge >= 0.3 is 5.97 Å². The Morgan fingerprint density at radius 3 is 2.83 bits per heavy atom. The molecule has 1 amide bonds. The molecule has 1 saturated heterocycles. The highest BCUT2D eigenvalue weighted by molar-refractivity contribution is 6.30. The molecule has 0 saturated carbocycles. The van der Waals surface area contributed by atoms with Crippen molar-refractivity contribution in [1.82, 2.24) is 19.9 Å². The highest BCUT2D eigenvalue weighted by atomic mass is 35.5. The van der Waals surface area contributed by atoms with Crippen LogP contribution in [0.4, 0.5) is 4.39 Å². The van der Waals surface area contributed by atoms with Crippen LogP contribution in [0.15, 0.2) is 18.2 Å². The van der Waals surface area contributed by atoms with Crippen molar-refractivity contribution < 1.29 is 19.1 Å². The number of hydrogen-bond acceptors (Lipinski definition) is 4. The highest BCUT2D eigenvalue weighted by Crippen LogP contribution is 2.23. The van der Waals surface area contributed by atoms with Crippen molar-refractivity contribution >= 4 is 23.5 Å². The Balaban J connectivity index is 1.93. The molecular formula is C15H14ClFN4O3. The van der Waals surface area contributed by atoms with Crippen LogP contribution in [0.25, 0.3) is 5.69 Å². The number of likely N-dealkylation sites (tertiary alicyclic amines) is 1. The van der Waals surface area contributed by atoms with Crippen LogP contribution in [0.5, 0.6) is 0 Å². The van der Waals surface area contributed by atoms with Crippen molar-refractivity contribution in [2.75, 3.05) is 6.54 Å². The van der Waals surface area contributed by atoms with Gasteiger partial charge in [-0.25, -0.2) is 13.9 Å². The van der Waals surface area contributed by atoms with Crippen LogP contribution in [-0.4, -0.2) is 49.5 Å². The zero-order valence-corrected chi connectivity index (χ0v) is 13.5. The maximum absolute atomic E-state index is 13.3. The average Bonchev–Trinajstić information content (AvgIpc) is 3.16. The Kier molecular flexibility index (Phi) is 4.23. The summed E-state index contributed by atoms with van der Waals surface area (Å²) in [6.45, 7) is 2.00. The number of amides is 1. The number of carboxylic acid groups (broad SMARTS) is 1. The molecule has 1 fully saturated rings. The lowest BCUT2D eigenvalue weighted by Crippen LogP contribution is -2.40. The second-order valence-corrected chi connectivity index (χ2v) is 5.94. The van der Waals surface area contributed by atoms with E-state index in [0.717, 1.165) is 0 Å². The Labute approximate surface area is 141 Å². The van der Waals surface area contributed by atoms with E-state index in [1.54, 1.807) is 6.92 Å². The minimum Gasteiger partial charge on any atom is -0.480 e. The van der Waals surface area contributed by atoms with E-state index in [9.17, 15) is 19.1 Å². The zero-order valence-electron chi connectivity index (χ0n) is 12.7. The number of benzene rings is 1. The van der Waals surface area contributed by atoms with Crippen LogP contribution in [0.2, 0.25) is 5.02 Å². The maximum atomic E-state index is 13.3. The number of carboxylic acids is 1. The average molecular weight is 353 g/mol. The van der Waals surface area contributed by atoms with Crippen LogP contribution in [0.1, 0.15) is 29.0 Å². The molecule has 7 nitrogen and oxygen atoms in total. The number of halogens is 2. The third-order valence-electron chi connectivity index (χ3n) is 4.04. The number of aromatic nitrogens is 3. The van der Waals surface area contributed by atoms with E-state index < -0.39 is 23.7 Å². The summed E-state index contributed by atoms with van der Waals surface area (Å²) in [6, 6.07) is 3.19. The van der Waals surface area contributed by atoms with E-state index in [-0.39, 0.29) is 10.7 Å². The van der Waals surface area contributed by atoms with Gasteiger partial charge in [0, 0.05) is 6.54 Å². The molecule has 1 aliphatic rings. The first-order valence-electron chi connectivity index (χ1n) is 7.31. The molecule has 3 rings (SSSR count). The number of carbonyl (C=O) groups is 2. The standard InChI is InChI=1S/C15H14ClFN4O3/c1-8-13(14(22)20-6-2-3-12(20)15(23)24)18-19-21(8)9-4-5-11(17)10(16)7-9/h4-5,7,12H,2-3,6H2,1H3,(H,23,24)/t12-/m0/s1. The summed E-state index contributed by atoms with van der Waals surface area (Å²) in [6.07, 6.45) is 1.05. The van der Waals surface area contributed by atoms with Crippen LogP contribution >= 0.6 is 11.6 Å². The largest absolute Gasteiger partial charge is 0.480 e. The van der Waals surface area contributed by atoms with Crippen molar-refractivity contribution in [2.45, 2.75) is 25.8 Å². The van der Waals surface area contributed by atoms with Gasteiger partial charge < -0.3 is 10.0 Å². The molecule has 9 heteroatoms. The molecule has 0 aliphatic carbocycles. The van der Waals surface area contributed by atoms with E-state index in [4.69, 9.17) is 11.6 Å². The van der Waals surface area contributed by atoms with Crippen LogP contribution in [-0.2, 0) is 4.79 Å². The second-order valence-electron chi connectivity index (χ2n) is 5.53. The first kappa shape index (κ1) is 16.4. The zero-order chi connectivity index (χ0) is 17.4. The summed E-state index contributed by atoms with van der Waals surface area (Å²) < 4.78 is 14.6. The monoisotopic (exact) mass is 352 g/mol. The lowest BCUT2D eigenvalue weighted by Gasteiger charge is -2.20. The van der Waals surface area contributed by atoms with Gasteiger partial charge in [0.2, 0.25) is 0 Å². The Morgan fingerprint density at radius 2 is 2.17 bits per heavy atom. The molecule has 0 unspecified atom stereocenters. The molecule has 2 heterocycles. The summed E-state index contributed by atoms with van der Waals surface area (Å²) in [5.41, 5.74) is 0.962. The third kappa shape index (κ3) is 2.73. The predicted octanol–water partition coefficient (Wildman–Crippen LogP) is 2.06. The number of aliphatic carboxylic acids is 1. The van der Waals surface area contributed by atoms with Crippen molar-refractivity contribution in [2.24, 2.45) is 0 Å². The minimum atomic E-state index is -1.03. The maximum Gasteiger partial charge on any atom is 0.326 e. The number of hydrogen-bond donors (Lipinski definition) is 1. The molecule has 1 N–H and O–H groups in total.